The SMILES string of the molecule is Cn1cc(CN2C[C@H](C(=O)Nc3ccc(F)cc3)C[C@@H]2c2cccc(C(F)(F)F)c2)cn1. The van der Waals surface area contributed by atoms with Crippen molar-refractivity contribution in [3.63, 3.8) is 0 Å². The number of aryl methyl sites for hydroxylation is 1. The molecule has 168 valence electrons. The Kier molecular flexibility index (Phi) is 6.01. The van der Waals surface area contributed by atoms with Crippen molar-refractivity contribution in [3.8, 4) is 0 Å². The second-order valence-corrected chi connectivity index (χ2v) is 8.02. The van der Waals surface area contributed by atoms with Crippen LogP contribution >= 0.6 is 0 Å². The van der Waals surface area contributed by atoms with Crippen LogP contribution in [0.2, 0.25) is 0 Å². The fourth-order valence-corrected chi connectivity index (χ4v) is 4.10. The summed E-state index contributed by atoms with van der Waals surface area (Å²) < 4.78 is 54.6. The van der Waals surface area contributed by atoms with E-state index < -0.39 is 23.5 Å². The molecule has 1 amide bonds. The van der Waals surface area contributed by atoms with E-state index in [-0.39, 0.29) is 11.9 Å². The summed E-state index contributed by atoms with van der Waals surface area (Å²) in [5.41, 5.74) is 1.18. The van der Waals surface area contributed by atoms with Crippen LogP contribution < -0.4 is 5.32 Å². The van der Waals surface area contributed by atoms with E-state index in [1.54, 1.807) is 24.0 Å². The smallest absolute Gasteiger partial charge is 0.326 e. The predicted octanol–water partition coefficient (Wildman–Crippen LogP) is 4.78. The molecular formula is C23H22F4N4O. The molecule has 1 aromatic heterocycles. The average molecular weight is 446 g/mol. The molecule has 0 bridgehead atoms. The van der Waals surface area contributed by atoms with E-state index in [1.807, 2.05) is 11.1 Å². The minimum atomic E-state index is -4.44. The number of alkyl halides is 3. The summed E-state index contributed by atoms with van der Waals surface area (Å²) in [6.45, 7) is 0.831. The van der Waals surface area contributed by atoms with Gasteiger partial charge in [0.25, 0.3) is 0 Å². The van der Waals surface area contributed by atoms with Crippen LogP contribution in [-0.4, -0.2) is 27.1 Å². The number of nitrogens with zero attached hydrogens (tertiary/aromatic N) is 3. The number of nitrogens with one attached hydrogen (secondary N) is 1. The van der Waals surface area contributed by atoms with Gasteiger partial charge in [-0.25, -0.2) is 4.39 Å². The number of halogens is 4. The van der Waals surface area contributed by atoms with Crippen LogP contribution in [0, 0.1) is 11.7 Å². The molecule has 1 aliphatic heterocycles. The number of carbonyl (C=O) groups is 1. The van der Waals surface area contributed by atoms with E-state index in [2.05, 4.69) is 10.4 Å². The summed E-state index contributed by atoms with van der Waals surface area (Å²) in [5, 5.41) is 6.93. The average Bonchev–Trinajstić information content (AvgIpc) is 3.35. The molecule has 2 atom stereocenters. The van der Waals surface area contributed by atoms with Crippen LogP contribution in [-0.2, 0) is 24.6 Å². The topological polar surface area (TPSA) is 50.2 Å². The van der Waals surface area contributed by atoms with E-state index in [9.17, 15) is 22.4 Å². The van der Waals surface area contributed by atoms with Crippen molar-refractivity contribution in [3.05, 3.63) is 83.4 Å². The molecule has 4 rings (SSSR count). The third-order valence-corrected chi connectivity index (χ3v) is 5.63. The van der Waals surface area contributed by atoms with Gasteiger partial charge in [-0.2, -0.15) is 18.3 Å². The Morgan fingerprint density at radius 2 is 1.94 bits per heavy atom. The quantitative estimate of drug-likeness (QED) is 0.574. The number of likely N-dealkylation sites (tertiary alicyclic amines) is 1. The van der Waals surface area contributed by atoms with Gasteiger partial charge in [-0.05, 0) is 48.4 Å². The Balaban J connectivity index is 1.57. The summed E-state index contributed by atoms with van der Waals surface area (Å²) >= 11 is 0. The van der Waals surface area contributed by atoms with E-state index in [0.717, 1.165) is 17.7 Å². The normalized spacial score (nSPS) is 19.3. The molecule has 1 saturated heterocycles. The highest BCUT2D eigenvalue weighted by atomic mass is 19.4. The van der Waals surface area contributed by atoms with E-state index in [0.29, 0.717) is 30.8 Å². The van der Waals surface area contributed by atoms with E-state index in [1.165, 1.54) is 30.3 Å². The first-order chi connectivity index (χ1) is 15.2. The maximum absolute atomic E-state index is 13.3. The maximum Gasteiger partial charge on any atom is 0.416 e. The van der Waals surface area contributed by atoms with Crippen LogP contribution in [0.15, 0.2) is 60.9 Å². The lowest BCUT2D eigenvalue weighted by Gasteiger charge is -2.24. The first-order valence-corrected chi connectivity index (χ1v) is 10.1. The highest BCUT2D eigenvalue weighted by Gasteiger charge is 2.38. The van der Waals surface area contributed by atoms with Crippen LogP contribution in [0.4, 0.5) is 23.2 Å². The zero-order chi connectivity index (χ0) is 22.9. The lowest BCUT2D eigenvalue weighted by molar-refractivity contribution is -0.137. The molecule has 9 heteroatoms. The molecule has 2 heterocycles. The van der Waals surface area contributed by atoms with Gasteiger partial charge in [0.05, 0.1) is 17.7 Å². The molecule has 5 nitrogen and oxygen atoms in total. The lowest BCUT2D eigenvalue weighted by Crippen LogP contribution is -2.27. The van der Waals surface area contributed by atoms with Crippen molar-refractivity contribution in [2.45, 2.75) is 25.2 Å². The molecule has 1 aliphatic rings. The summed E-state index contributed by atoms with van der Waals surface area (Å²) in [4.78, 5) is 14.9. The summed E-state index contributed by atoms with van der Waals surface area (Å²) in [6.07, 6.45) is -0.527. The standard InChI is InChI=1S/C23H22F4N4O/c1-30-12-15(11-28-30)13-31-14-17(22(32)29-20-7-5-19(24)6-8-20)10-21(31)16-3-2-4-18(9-16)23(25,26)27/h2-9,11-12,17,21H,10,13-14H2,1H3,(H,29,32)/t17-,21-/m1/s1. The molecule has 0 radical (unpaired) electrons. The number of rotatable bonds is 5. The van der Waals surface area contributed by atoms with Crippen molar-refractivity contribution in [2.75, 3.05) is 11.9 Å². The summed E-state index contributed by atoms with van der Waals surface area (Å²) in [6, 6.07) is 10.3. The zero-order valence-corrected chi connectivity index (χ0v) is 17.3. The van der Waals surface area contributed by atoms with Crippen molar-refractivity contribution < 1.29 is 22.4 Å². The Morgan fingerprint density at radius 1 is 1.19 bits per heavy atom. The van der Waals surface area contributed by atoms with Crippen LogP contribution in [0.25, 0.3) is 0 Å². The number of anilines is 1. The predicted molar refractivity (Wildman–Crippen MR) is 111 cm³/mol. The van der Waals surface area contributed by atoms with Crippen LogP contribution in [0.5, 0.6) is 0 Å². The van der Waals surface area contributed by atoms with Gasteiger partial charge in [-0.3, -0.25) is 14.4 Å². The Labute approximate surface area is 182 Å². The first kappa shape index (κ1) is 22.0. The van der Waals surface area contributed by atoms with Crippen molar-refractivity contribution >= 4 is 11.6 Å². The number of hydrogen-bond acceptors (Lipinski definition) is 3. The number of carbonyl (C=O) groups excluding carboxylic acids is 1. The number of aromatic nitrogens is 2. The molecule has 1 N–H and O–H groups in total. The molecule has 0 spiro atoms. The van der Waals surface area contributed by atoms with Gasteiger partial charge in [0.15, 0.2) is 0 Å². The number of hydrogen-bond donors (Lipinski definition) is 1. The van der Waals surface area contributed by atoms with Gasteiger partial charge >= 0.3 is 6.18 Å². The number of benzene rings is 2. The largest absolute Gasteiger partial charge is 0.416 e. The molecule has 0 aliphatic carbocycles. The Bertz CT molecular complexity index is 1090. The zero-order valence-electron chi connectivity index (χ0n) is 17.3. The minimum absolute atomic E-state index is 0.248. The molecule has 0 saturated carbocycles. The number of amides is 1. The second-order valence-electron chi connectivity index (χ2n) is 8.02. The van der Waals surface area contributed by atoms with Gasteiger partial charge in [0.1, 0.15) is 5.82 Å². The molecule has 0 unspecified atom stereocenters. The Morgan fingerprint density at radius 3 is 2.59 bits per heavy atom. The van der Waals surface area contributed by atoms with E-state index >= 15 is 0 Å². The van der Waals surface area contributed by atoms with Crippen molar-refractivity contribution in [2.24, 2.45) is 13.0 Å². The molecule has 2 aromatic carbocycles. The minimum Gasteiger partial charge on any atom is -0.326 e. The molecular weight excluding hydrogens is 424 g/mol. The van der Waals surface area contributed by atoms with Crippen molar-refractivity contribution in [1.29, 1.82) is 0 Å². The Hall–Kier alpha value is -3.20. The van der Waals surface area contributed by atoms with Gasteiger partial charge in [-0.15, -0.1) is 0 Å². The first-order valence-electron chi connectivity index (χ1n) is 10.1. The third kappa shape index (κ3) is 4.99. The fraction of sp³-hybridized carbons (Fsp3) is 0.304. The molecule has 32 heavy (non-hydrogen) atoms. The monoisotopic (exact) mass is 446 g/mol. The second kappa shape index (κ2) is 8.74. The molecule has 3 aromatic rings. The fourth-order valence-electron chi connectivity index (χ4n) is 4.10. The van der Waals surface area contributed by atoms with Crippen LogP contribution in [0.3, 0.4) is 0 Å². The highest BCUT2D eigenvalue weighted by Crippen LogP contribution is 2.39. The summed E-state index contributed by atoms with van der Waals surface area (Å²) in [5.74, 6) is -1.09. The summed E-state index contributed by atoms with van der Waals surface area (Å²) in [7, 11) is 1.79. The lowest BCUT2D eigenvalue weighted by atomic mass is 9.97. The van der Waals surface area contributed by atoms with Gasteiger partial charge in [0, 0.05) is 43.6 Å². The van der Waals surface area contributed by atoms with Gasteiger partial charge in [0.2, 0.25) is 5.91 Å². The maximum atomic E-state index is 13.3. The van der Waals surface area contributed by atoms with E-state index in [4.69, 9.17) is 0 Å². The highest BCUT2D eigenvalue weighted by molar-refractivity contribution is 5.92. The van der Waals surface area contributed by atoms with Gasteiger partial charge in [-0.1, -0.05) is 12.1 Å². The third-order valence-electron chi connectivity index (χ3n) is 5.63. The van der Waals surface area contributed by atoms with Gasteiger partial charge < -0.3 is 5.32 Å². The molecule has 1 fully saturated rings. The van der Waals surface area contributed by atoms with Crippen LogP contribution in [0.1, 0.15) is 29.2 Å². The van der Waals surface area contributed by atoms with Crippen molar-refractivity contribution in [1.82, 2.24) is 14.7 Å².